The summed E-state index contributed by atoms with van der Waals surface area (Å²) in [7, 11) is 0. The second-order valence-corrected chi connectivity index (χ2v) is 3.63. The molecule has 0 aromatic heterocycles. The first-order valence-corrected chi connectivity index (χ1v) is 5.52. The zero-order chi connectivity index (χ0) is 12.5. The summed E-state index contributed by atoms with van der Waals surface area (Å²) in [5, 5.41) is 11.7. The predicted octanol–water partition coefficient (Wildman–Crippen LogP) is 0.626. The van der Waals surface area contributed by atoms with Gasteiger partial charge in [-0.3, -0.25) is 4.79 Å². The fourth-order valence-corrected chi connectivity index (χ4v) is 1.34. The molecule has 0 fully saturated rings. The minimum atomic E-state index is -0.925. The van der Waals surface area contributed by atoms with Gasteiger partial charge in [-0.15, -0.1) is 12.4 Å². The highest BCUT2D eigenvalue weighted by atomic mass is 35.5. The van der Waals surface area contributed by atoms with Crippen molar-refractivity contribution in [2.45, 2.75) is 12.6 Å². The van der Waals surface area contributed by atoms with Gasteiger partial charge in [-0.2, -0.15) is 0 Å². The largest absolute Gasteiger partial charge is 0.480 e. The molecule has 0 bridgehead atoms. The average Bonchev–Trinajstić information content (AvgIpc) is 2.34. The molecular formula is C12H19ClN2O3. The summed E-state index contributed by atoms with van der Waals surface area (Å²) in [5.74, 6) is -0.925. The van der Waals surface area contributed by atoms with Crippen molar-refractivity contribution in [3.63, 3.8) is 0 Å². The Balaban J connectivity index is 0.00000289. The van der Waals surface area contributed by atoms with Gasteiger partial charge in [-0.25, -0.2) is 0 Å². The van der Waals surface area contributed by atoms with Crippen LogP contribution in [-0.2, 0) is 16.1 Å². The third-order valence-corrected chi connectivity index (χ3v) is 2.23. The third kappa shape index (κ3) is 6.56. The highest BCUT2D eigenvalue weighted by molar-refractivity contribution is 5.85. The molecule has 0 spiro atoms. The van der Waals surface area contributed by atoms with Crippen molar-refractivity contribution in [3.8, 4) is 0 Å². The van der Waals surface area contributed by atoms with Crippen molar-refractivity contribution in [1.29, 1.82) is 0 Å². The predicted molar refractivity (Wildman–Crippen MR) is 71.8 cm³/mol. The van der Waals surface area contributed by atoms with Gasteiger partial charge in [0, 0.05) is 13.1 Å². The number of rotatable bonds is 8. The van der Waals surface area contributed by atoms with Crippen LogP contribution in [0.25, 0.3) is 0 Å². The van der Waals surface area contributed by atoms with E-state index >= 15 is 0 Å². The number of nitrogens with one attached hydrogen (secondary N) is 1. The Morgan fingerprint density at radius 1 is 1.39 bits per heavy atom. The molecule has 5 nitrogen and oxygen atoms in total. The molecule has 0 aliphatic carbocycles. The molecule has 1 unspecified atom stereocenters. The molecule has 1 atom stereocenters. The smallest absolute Gasteiger partial charge is 0.323 e. The van der Waals surface area contributed by atoms with Crippen LogP contribution in [0.2, 0.25) is 0 Å². The van der Waals surface area contributed by atoms with Gasteiger partial charge in [0.1, 0.15) is 6.04 Å². The molecule has 18 heavy (non-hydrogen) atoms. The number of halogens is 1. The molecule has 0 radical (unpaired) electrons. The van der Waals surface area contributed by atoms with Gasteiger partial charge in [-0.05, 0) is 5.56 Å². The van der Waals surface area contributed by atoms with Crippen LogP contribution in [0.5, 0.6) is 0 Å². The topological polar surface area (TPSA) is 84.6 Å². The van der Waals surface area contributed by atoms with Crippen LogP contribution >= 0.6 is 12.4 Å². The van der Waals surface area contributed by atoms with Gasteiger partial charge >= 0.3 is 5.97 Å². The van der Waals surface area contributed by atoms with Crippen LogP contribution in [0.4, 0.5) is 0 Å². The lowest BCUT2D eigenvalue weighted by atomic mass is 10.2. The van der Waals surface area contributed by atoms with Crippen LogP contribution in [0.15, 0.2) is 30.3 Å². The van der Waals surface area contributed by atoms with E-state index in [0.29, 0.717) is 19.7 Å². The molecule has 0 saturated carbocycles. The lowest BCUT2D eigenvalue weighted by Crippen LogP contribution is -2.42. The van der Waals surface area contributed by atoms with Gasteiger partial charge in [0.2, 0.25) is 0 Å². The second-order valence-electron chi connectivity index (χ2n) is 3.63. The van der Waals surface area contributed by atoms with Crippen LogP contribution in [0, 0.1) is 0 Å². The van der Waals surface area contributed by atoms with Crippen molar-refractivity contribution in [3.05, 3.63) is 35.9 Å². The molecule has 0 saturated heterocycles. The molecular weight excluding hydrogens is 256 g/mol. The fraction of sp³-hybridized carbons (Fsp3) is 0.417. The van der Waals surface area contributed by atoms with E-state index < -0.39 is 12.0 Å². The second kappa shape index (κ2) is 9.85. The van der Waals surface area contributed by atoms with Crippen molar-refractivity contribution >= 4 is 18.4 Å². The summed E-state index contributed by atoms with van der Waals surface area (Å²) >= 11 is 0. The first kappa shape index (κ1) is 16.9. The van der Waals surface area contributed by atoms with Gasteiger partial charge in [-0.1, -0.05) is 30.3 Å². The van der Waals surface area contributed by atoms with E-state index in [1.165, 1.54) is 0 Å². The number of aliphatic carboxylic acids is 1. The number of carbonyl (C=O) groups is 1. The SMILES string of the molecule is Cl.NCCNC(COCc1ccccc1)C(=O)O. The van der Waals surface area contributed by atoms with E-state index in [1.54, 1.807) is 0 Å². The van der Waals surface area contributed by atoms with E-state index in [-0.39, 0.29) is 19.0 Å². The molecule has 6 heteroatoms. The number of hydrogen-bond donors (Lipinski definition) is 3. The maximum atomic E-state index is 10.9. The Labute approximate surface area is 113 Å². The lowest BCUT2D eigenvalue weighted by molar-refractivity contribution is -0.141. The maximum Gasteiger partial charge on any atom is 0.323 e. The molecule has 102 valence electrons. The van der Waals surface area contributed by atoms with Crippen LogP contribution < -0.4 is 11.1 Å². The van der Waals surface area contributed by atoms with Crippen LogP contribution in [0.1, 0.15) is 5.56 Å². The van der Waals surface area contributed by atoms with Crippen molar-refractivity contribution < 1.29 is 14.6 Å². The minimum Gasteiger partial charge on any atom is -0.480 e. The van der Waals surface area contributed by atoms with Gasteiger partial charge in [0.25, 0.3) is 0 Å². The summed E-state index contributed by atoms with van der Waals surface area (Å²) in [5.41, 5.74) is 6.32. The van der Waals surface area contributed by atoms with E-state index in [4.69, 9.17) is 15.6 Å². The fourth-order valence-electron chi connectivity index (χ4n) is 1.34. The van der Waals surface area contributed by atoms with E-state index in [1.807, 2.05) is 30.3 Å². The average molecular weight is 275 g/mol. The van der Waals surface area contributed by atoms with Crippen molar-refractivity contribution in [2.24, 2.45) is 5.73 Å². The molecule has 1 aromatic carbocycles. The minimum absolute atomic E-state index is 0. The highest BCUT2D eigenvalue weighted by Crippen LogP contribution is 2.01. The zero-order valence-electron chi connectivity index (χ0n) is 10.0. The van der Waals surface area contributed by atoms with Gasteiger partial charge in [0.15, 0.2) is 0 Å². The normalized spacial score (nSPS) is 11.6. The first-order chi connectivity index (χ1) is 8.24. The summed E-state index contributed by atoms with van der Waals surface area (Å²) in [6.45, 7) is 1.41. The number of hydrogen-bond acceptors (Lipinski definition) is 4. The zero-order valence-corrected chi connectivity index (χ0v) is 10.9. The summed E-state index contributed by atoms with van der Waals surface area (Å²) in [6, 6.07) is 8.92. The van der Waals surface area contributed by atoms with E-state index in [0.717, 1.165) is 5.56 Å². The van der Waals surface area contributed by atoms with Gasteiger partial charge in [0.05, 0.1) is 13.2 Å². The summed E-state index contributed by atoms with van der Waals surface area (Å²) in [4.78, 5) is 10.9. The van der Waals surface area contributed by atoms with Crippen LogP contribution in [0.3, 0.4) is 0 Å². The highest BCUT2D eigenvalue weighted by Gasteiger charge is 2.15. The maximum absolute atomic E-state index is 10.9. The molecule has 0 heterocycles. The van der Waals surface area contributed by atoms with Crippen LogP contribution in [-0.4, -0.2) is 36.8 Å². The molecule has 0 amide bonds. The Bertz CT molecular complexity index is 335. The quantitative estimate of drug-likeness (QED) is 0.647. The van der Waals surface area contributed by atoms with Crippen molar-refractivity contribution in [2.75, 3.05) is 19.7 Å². The van der Waals surface area contributed by atoms with Crippen molar-refractivity contribution in [1.82, 2.24) is 5.32 Å². The Morgan fingerprint density at radius 3 is 2.61 bits per heavy atom. The molecule has 0 aliphatic heterocycles. The molecule has 1 aromatic rings. The molecule has 4 N–H and O–H groups in total. The number of ether oxygens (including phenoxy) is 1. The molecule has 0 aliphatic rings. The lowest BCUT2D eigenvalue weighted by Gasteiger charge is -2.14. The number of carboxylic acid groups (broad SMARTS) is 1. The van der Waals surface area contributed by atoms with Gasteiger partial charge < -0.3 is 20.9 Å². The number of benzene rings is 1. The van der Waals surface area contributed by atoms with E-state index in [2.05, 4.69) is 5.32 Å². The third-order valence-electron chi connectivity index (χ3n) is 2.23. The number of nitrogens with two attached hydrogens (primary N) is 1. The number of carboxylic acids is 1. The summed E-state index contributed by atoms with van der Waals surface area (Å²) < 4.78 is 5.36. The Kier molecular flexibility index (Phi) is 9.22. The monoisotopic (exact) mass is 274 g/mol. The first-order valence-electron chi connectivity index (χ1n) is 5.52. The Hall–Kier alpha value is -1.14. The molecule has 1 rings (SSSR count). The Morgan fingerprint density at radius 2 is 2.06 bits per heavy atom. The van der Waals surface area contributed by atoms with E-state index in [9.17, 15) is 4.79 Å². The standard InChI is InChI=1S/C12H18N2O3.ClH/c13-6-7-14-11(12(15)16)9-17-8-10-4-2-1-3-5-10;/h1-5,11,14H,6-9,13H2,(H,15,16);1H. The summed E-state index contributed by atoms with van der Waals surface area (Å²) in [6.07, 6.45) is 0.